The molecule has 0 spiro atoms. The molecule has 0 radical (unpaired) electrons. The van der Waals surface area contributed by atoms with Crippen molar-refractivity contribution in [3.05, 3.63) is 88.6 Å². The summed E-state index contributed by atoms with van der Waals surface area (Å²) in [6.45, 7) is 0. The van der Waals surface area contributed by atoms with E-state index in [1.807, 2.05) is 30.3 Å². The van der Waals surface area contributed by atoms with Gasteiger partial charge in [0.2, 0.25) is 0 Å². The molecule has 0 amide bonds. The van der Waals surface area contributed by atoms with Crippen molar-refractivity contribution in [2.45, 2.75) is 6.42 Å². The number of aromatic hydroxyl groups is 1. The van der Waals surface area contributed by atoms with Crippen molar-refractivity contribution in [3.8, 4) is 22.8 Å². The van der Waals surface area contributed by atoms with Crippen molar-refractivity contribution < 1.29 is 5.11 Å². The summed E-state index contributed by atoms with van der Waals surface area (Å²) in [6, 6.07) is 16.6. The second kappa shape index (κ2) is 5.70. The van der Waals surface area contributed by atoms with Gasteiger partial charge in [0, 0.05) is 18.8 Å². The van der Waals surface area contributed by atoms with Gasteiger partial charge in [0.25, 0.3) is 5.56 Å². The largest absolute Gasteiger partial charge is 0.508 e. The molecule has 0 aliphatic carbocycles. The number of phenols is 1. The van der Waals surface area contributed by atoms with Crippen LogP contribution in [0.1, 0.15) is 11.3 Å². The number of nitrogens with zero attached hydrogens (tertiary/aromatic N) is 2. The Hall–Kier alpha value is -3.34. The van der Waals surface area contributed by atoms with Crippen LogP contribution >= 0.6 is 0 Å². The topological polar surface area (TPSA) is 70.9 Å². The van der Waals surface area contributed by atoms with E-state index in [9.17, 15) is 9.90 Å². The molecule has 0 aromatic heterocycles. The Morgan fingerprint density at radius 1 is 1.04 bits per heavy atom. The number of fused-ring (bicyclic) bond motifs is 1. The van der Waals surface area contributed by atoms with Gasteiger partial charge in [-0.15, -0.1) is 0 Å². The zero-order valence-electron chi connectivity index (χ0n) is 12.8. The third kappa shape index (κ3) is 2.56. The predicted octanol–water partition coefficient (Wildman–Crippen LogP) is 2.96. The van der Waals surface area contributed by atoms with Crippen LogP contribution in [0, 0.1) is 0 Å². The molecule has 2 aliphatic heterocycles. The molecule has 0 bridgehead atoms. The molecule has 2 aliphatic rings. The summed E-state index contributed by atoms with van der Waals surface area (Å²) in [5.74, 6) is 0.798. The monoisotopic (exact) mass is 317 g/mol. The third-order valence-electron chi connectivity index (χ3n) is 3.97. The highest BCUT2D eigenvalue weighted by atomic mass is 16.3. The van der Waals surface area contributed by atoms with Gasteiger partial charge in [-0.3, -0.25) is 9.36 Å². The first-order valence-corrected chi connectivity index (χ1v) is 7.64. The molecule has 5 nitrogen and oxygen atoms in total. The Labute approximate surface area is 138 Å². The fraction of sp³-hybridized carbons (Fsp3) is 0.0526. The van der Waals surface area contributed by atoms with Crippen molar-refractivity contribution in [1.82, 2.24) is 14.5 Å². The predicted molar refractivity (Wildman–Crippen MR) is 91.7 cm³/mol. The lowest BCUT2D eigenvalue weighted by Gasteiger charge is -2.05. The van der Waals surface area contributed by atoms with E-state index in [1.165, 1.54) is 0 Å². The second-order valence-corrected chi connectivity index (χ2v) is 5.63. The Bertz CT molecular complexity index is 1000. The van der Waals surface area contributed by atoms with Crippen LogP contribution in [0.2, 0.25) is 0 Å². The number of hydrogen-bond acceptors (Lipinski definition) is 3. The quantitative estimate of drug-likeness (QED) is 0.610. The molecule has 2 aromatic carbocycles. The van der Waals surface area contributed by atoms with Crippen LogP contribution in [0.4, 0.5) is 0 Å². The van der Waals surface area contributed by atoms with Crippen molar-refractivity contribution in [3.63, 3.8) is 0 Å². The summed E-state index contributed by atoms with van der Waals surface area (Å²) in [4.78, 5) is 20.2. The fourth-order valence-corrected chi connectivity index (χ4v) is 2.72. The first-order chi connectivity index (χ1) is 11.7. The summed E-state index contributed by atoms with van der Waals surface area (Å²) in [7, 11) is 0. The highest BCUT2D eigenvalue weighted by Crippen LogP contribution is 2.18. The molecule has 0 atom stereocenters. The number of aromatic nitrogens is 3. The molecule has 0 saturated heterocycles. The van der Waals surface area contributed by atoms with Crippen LogP contribution < -0.4 is 5.56 Å². The summed E-state index contributed by atoms with van der Waals surface area (Å²) >= 11 is 0. The van der Waals surface area contributed by atoms with Gasteiger partial charge in [0.1, 0.15) is 11.4 Å². The van der Waals surface area contributed by atoms with Gasteiger partial charge < -0.3 is 10.1 Å². The molecule has 118 valence electrons. The van der Waals surface area contributed by atoms with Crippen molar-refractivity contribution >= 4 is 0 Å². The minimum Gasteiger partial charge on any atom is -0.508 e. The maximum atomic E-state index is 12.6. The van der Waals surface area contributed by atoms with E-state index < -0.39 is 0 Å². The van der Waals surface area contributed by atoms with E-state index in [0.29, 0.717) is 17.9 Å². The zero-order chi connectivity index (χ0) is 16.5. The lowest BCUT2D eigenvalue weighted by atomic mass is 10.1. The molecule has 0 saturated carbocycles. The number of rotatable bonds is 3. The van der Waals surface area contributed by atoms with Gasteiger partial charge in [-0.05, 0) is 23.3 Å². The standard InChI is InChI=1S/C19H15N3O2/c23-15-8-6-13(7-9-15)10-16-19(24)22-12-17(20-11-18(22)21-16)14-4-2-1-3-5-14/h1-9,11-12,20,23H,10H2. The maximum absolute atomic E-state index is 12.6. The first-order valence-electron chi connectivity index (χ1n) is 7.64. The van der Waals surface area contributed by atoms with Crippen molar-refractivity contribution in [2.24, 2.45) is 0 Å². The molecule has 2 heterocycles. The first kappa shape index (κ1) is 14.3. The summed E-state index contributed by atoms with van der Waals surface area (Å²) in [5.41, 5.74) is 3.16. The molecule has 0 fully saturated rings. The van der Waals surface area contributed by atoms with Crippen LogP contribution in [0.15, 0.2) is 71.8 Å². The minimum absolute atomic E-state index is 0.121. The van der Waals surface area contributed by atoms with Crippen LogP contribution in [0.3, 0.4) is 0 Å². The SMILES string of the molecule is O=c1c(Cc2ccc(O)cc2)nc2c[nH]c(-c3ccccc3)cn1-2. The van der Waals surface area contributed by atoms with Crippen LogP contribution in [0.5, 0.6) is 5.75 Å². The van der Waals surface area contributed by atoms with Gasteiger partial charge in [-0.1, -0.05) is 42.5 Å². The Morgan fingerprint density at radius 3 is 2.54 bits per heavy atom. The van der Waals surface area contributed by atoms with Gasteiger partial charge in [-0.2, -0.15) is 0 Å². The number of phenolic OH excluding ortho intramolecular Hbond substituents is 1. The lowest BCUT2D eigenvalue weighted by molar-refractivity contribution is 0.475. The number of benzene rings is 2. The molecule has 4 rings (SSSR count). The Balaban J connectivity index is 1.74. The number of aromatic amines is 1. The molecule has 24 heavy (non-hydrogen) atoms. The average Bonchev–Trinajstić information content (AvgIpc) is 2.93. The van der Waals surface area contributed by atoms with E-state index in [-0.39, 0.29) is 11.3 Å². The number of hydrogen-bond donors (Lipinski definition) is 2. The minimum atomic E-state index is -0.121. The lowest BCUT2D eigenvalue weighted by Crippen LogP contribution is -2.15. The van der Waals surface area contributed by atoms with E-state index >= 15 is 0 Å². The normalized spacial score (nSPS) is 11.0. The summed E-state index contributed by atoms with van der Waals surface area (Å²) < 4.78 is 1.56. The van der Waals surface area contributed by atoms with Crippen LogP contribution in [-0.4, -0.2) is 19.6 Å². The molecular weight excluding hydrogens is 302 g/mol. The van der Waals surface area contributed by atoms with Gasteiger partial charge in [0.15, 0.2) is 5.82 Å². The van der Waals surface area contributed by atoms with Crippen LogP contribution in [0.25, 0.3) is 17.1 Å². The maximum Gasteiger partial charge on any atom is 0.278 e. The Kier molecular flexibility index (Phi) is 3.39. The van der Waals surface area contributed by atoms with Crippen molar-refractivity contribution in [2.75, 3.05) is 0 Å². The summed E-state index contributed by atoms with van der Waals surface area (Å²) in [6.07, 6.45) is 3.95. The summed E-state index contributed by atoms with van der Waals surface area (Å²) in [5, 5.41) is 9.34. The van der Waals surface area contributed by atoms with E-state index in [0.717, 1.165) is 16.8 Å². The van der Waals surface area contributed by atoms with Gasteiger partial charge >= 0.3 is 0 Å². The van der Waals surface area contributed by atoms with Crippen molar-refractivity contribution in [1.29, 1.82) is 0 Å². The number of H-pyrrole nitrogens is 1. The van der Waals surface area contributed by atoms with Gasteiger partial charge in [0.05, 0.1) is 5.69 Å². The number of imidazole rings is 1. The van der Waals surface area contributed by atoms with E-state index in [4.69, 9.17) is 0 Å². The highest BCUT2D eigenvalue weighted by molar-refractivity contribution is 5.58. The second-order valence-electron chi connectivity index (χ2n) is 5.63. The van der Waals surface area contributed by atoms with Gasteiger partial charge in [-0.25, -0.2) is 4.98 Å². The van der Waals surface area contributed by atoms with E-state index in [2.05, 4.69) is 9.97 Å². The smallest absolute Gasteiger partial charge is 0.278 e. The fourth-order valence-electron chi connectivity index (χ4n) is 2.72. The van der Waals surface area contributed by atoms with Crippen LogP contribution in [-0.2, 0) is 6.42 Å². The highest BCUT2D eigenvalue weighted by Gasteiger charge is 2.15. The zero-order valence-corrected chi connectivity index (χ0v) is 12.8. The third-order valence-corrected chi connectivity index (χ3v) is 3.97. The molecule has 2 N–H and O–H groups in total. The molecule has 0 unspecified atom stereocenters. The number of nitrogens with one attached hydrogen (secondary N) is 1. The Morgan fingerprint density at radius 2 is 1.79 bits per heavy atom. The molecule has 5 heteroatoms. The molecule has 2 aromatic rings. The average molecular weight is 317 g/mol. The molecular formula is C19H15N3O2. The van der Waals surface area contributed by atoms with E-state index in [1.54, 1.807) is 41.2 Å².